The zero-order valence-electron chi connectivity index (χ0n) is 19.7. The van der Waals surface area contributed by atoms with Gasteiger partial charge in [-0.25, -0.2) is 0 Å². The molecule has 1 N–H and O–H groups in total. The number of nitrogens with one attached hydrogen (secondary N) is 1. The molecule has 3 atom stereocenters. The van der Waals surface area contributed by atoms with Crippen LogP contribution < -0.4 is 10.2 Å². The number of anilines is 1. The van der Waals surface area contributed by atoms with Gasteiger partial charge in [0.1, 0.15) is 5.54 Å². The first-order valence-electron chi connectivity index (χ1n) is 12.8. The minimum Gasteiger partial charge on any atom is -0.356 e. The Labute approximate surface area is 201 Å². The summed E-state index contributed by atoms with van der Waals surface area (Å²) in [6.45, 7) is 4.84. The van der Waals surface area contributed by atoms with Crippen molar-refractivity contribution in [1.82, 2.24) is 20.1 Å². The molecule has 6 rings (SSSR count). The fraction of sp³-hybridized carbons (Fsp3) is 0.519. The van der Waals surface area contributed by atoms with Crippen molar-refractivity contribution in [1.29, 1.82) is 0 Å². The highest BCUT2D eigenvalue weighted by molar-refractivity contribution is 6.10. The lowest BCUT2D eigenvalue weighted by atomic mass is 9.78. The van der Waals surface area contributed by atoms with Crippen LogP contribution in [0.4, 0.5) is 5.69 Å². The highest BCUT2D eigenvalue weighted by Gasteiger charge is 2.66. The molecular weight excluding hydrogens is 426 g/mol. The molecule has 178 valence electrons. The third-order valence-electron chi connectivity index (χ3n) is 8.27. The van der Waals surface area contributed by atoms with Crippen LogP contribution in [0.1, 0.15) is 43.2 Å². The van der Waals surface area contributed by atoms with Gasteiger partial charge in [0.25, 0.3) is 5.91 Å². The van der Waals surface area contributed by atoms with Gasteiger partial charge in [0, 0.05) is 62.4 Å². The number of carbonyl (C=O) groups is 2. The maximum atomic E-state index is 14.3. The SMILES string of the molecule is O=C1NCCCN(Cc2cccnc2)CCCN2C(=O)[C@@]3(c4ccccc42)[C@H]1C[C@@H]1CCCN13. The van der Waals surface area contributed by atoms with Crippen LogP contribution in [0, 0.1) is 5.92 Å². The number of carbonyl (C=O) groups excluding carboxylic acids is 2. The summed E-state index contributed by atoms with van der Waals surface area (Å²) in [5.41, 5.74) is 2.38. The molecule has 4 aliphatic rings. The van der Waals surface area contributed by atoms with Gasteiger partial charge in [-0.15, -0.1) is 0 Å². The number of rotatable bonds is 2. The van der Waals surface area contributed by atoms with E-state index in [0.717, 1.165) is 69.5 Å². The quantitative estimate of drug-likeness (QED) is 0.748. The van der Waals surface area contributed by atoms with Crippen LogP contribution in [0.2, 0.25) is 0 Å². The number of hydrogen-bond donors (Lipinski definition) is 1. The van der Waals surface area contributed by atoms with E-state index < -0.39 is 5.54 Å². The molecule has 7 nitrogen and oxygen atoms in total. The molecule has 3 saturated heterocycles. The van der Waals surface area contributed by atoms with Crippen LogP contribution in [0.15, 0.2) is 48.8 Å². The van der Waals surface area contributed by atoms with Crippen LogP contribution in [-0.4, -0.2) is 65.4 Å². The molecule has 1 aromatic heterocycles. The first-order valence-corrected chi connectivity index (χ1v) is 12.8. The fourth-order valence-corrected chi connectivity index (χ4v) is 6.89. The molecule has 0 aliphatic carbocycles. The number of amides is 2. The molecule has 5 heterocycles. The maximum Gasteiger partial charge on any atom is 0.253 e. The summed E-state index contributed by atoms with van der Waals surface area (Å²) in [6.07, 6.45) is 8.45. The summed E-state index contributed by atoms with van der Waals surface area (Å²) in [5.74, 6) is -0.183. The van der Waals surface area contributed by atoms with Gasteiger partial charge in [0.05, 0.1) is 5.92 Å². The van der Waals surface area contributed by atoms with Crippen LogP contribution >= 0.6 is 0 Å². The average Bonchev–Trinajstić information content (AvgIpc) is 3.51. The van der Waals surface area contributed by atoms with E-state index in [1.54, 1.807) is 6.20 Å². The van der Waals surface area contributed by atoms with Crippen LogP contribution in [0.25, 0.3) is 0 Å². The normalized spacial score (nSPS) is 30.1. The summed E-state index contributed by atoms with van der Waals surface area (Å²) in [4.78, 5) is 39.0. The molecule has 3 fully saturated rings. The van der Waals surface area contributed by atoms with Gasteiger partial charge in [-0.2, -0.15) is 0 Å². The molecule has 2 bridgehead atoms. The second-order valence-corrected chi connectivity index (χ2v) is 10.2. The molecule has 0 unspecified atom stereocenters. The maximum absolute atomic E-state index is 14.3. The largest absolute Gasteiger partial charge is 0.356 e. The van der Waals surface area contributed by atoms with Crippen molar-refractivity contribution in [2.24, 2.45) is 5.92 Å². The van der Waals surface area contributed by atoms with E-state index >= 15 is 0 Å². The van der Waals surface area contributed by atoms with Crippen LogP contribution in [-0.2, 0) is 21.7 Å². The highest BCUT2D eigenvalue weighted by atomic mass is 16.2. The fourth-order valence-electron chi connectivity index (χ4n) is 6.89. The van der Waals surface area contributed by atoms with E-state index in [1.165, 1.54) is 5.56 Å². The average molecular weight is 460 g/mol. The lowest BCUT2D eigenvalue weighted by Gasteiger charge is -2.37. The summed E-state index contributed by atoms with van der Waals surface area (Å²) < 4.78 is 0. The number of pyridine rings is 1. The zero-order valence-corrected chi connectivity index (χ0v) is 19.7. The Morgan fingerprint density at radius 2 is 1.88 bits per heavy atom. The summed E-state index contributed by atoms with van der Waals surface area (Å²) in [7, 11) is 0. The Morgan fingerprint density at radius 3 is 2.76 bits per heavy atom. The van der Waals surface area contributed by atoms with Crippen molar-refractivity contribution in [3.8, 4) is 0 Å². The molecule has 7 heteroatoms. The molecule has 1 spiro atoms. The van der Waals surface area contributed by atoms with E-state index in [-0.39, 0.29) is 17.7 Å². The second kappa shape index (κ2) is 8.78. The van der Waals surface area contributed by atoms with Gasteiger partial charge >= 0.3 is 0 Å². The zero-order chi connectivity index (χ0) is 23.1. The first-order chi connectivity index (χ1) is 16.7. The van der Waals surface area contributed by atoms with Crippen molar-refractivity contribution >= 4 is 17.5 Å². The summed E-state index contributed by atoms with van der Waals surface area (Å²) in [5, 5.41) is 3.22. The molecule has 2 amide bonds. The molecule has 1 aromatic carbocycles. The van der Waals surface area contributed by atoms with E-state index in [1.807, 2.05) is 29.3 Å². The number of para-hydroxylation sites is 1. The number of hydrogen-bond acceptors (Lipinski definition) is 5. The Hall–Kier alpha value is -2.77. The Kier molecular flexibility index (Phi) is 5.62. The van der Waals surface area contributed by atoms with Gasteiger partial charge in [-0.05, 0) is 56.3 Å². The number of benzene rings is 1. The molecular formula is C27H33N5O2. The van der Waals surface area contributed by atoms with Crippen molar-refractivity contribution < 1.29 is 9.59 Å². The minimum atomic E-state index is -0.842. The Balaban J connectivity index is 1.34. The topological polar surface area (TPSA) is 68.8 Å². The Morgan fingerprint density at radius 1 is 1.00 bits per heavy atom. The van der Waals surface area contributed by atoms with E-state index in [9.17, 15) is 9.59 Å². The first kappa shape index (κ1) is 21.7. The summed E-state index contributed by atoms with van der Waals surface area (Å²) in [6, 6.07) is 12.6. The predicted octanol–water partition coefficient (Wildman–Crippen LogP) is 2.52. The van der Waals surface area contributed by atoms with Crippen molar-refractivity contribution in [2.75, 3.05) is 37.6 Å². The molecule has 0 saturated carbocycles. The van der Waals surface area contributed by atoms with Crippen LogP contribution in [0.5, 0.6) is 0 Å². The van der Waals surface area contributed by atoms with Gasteiger partial charge < -0.3 is 10.2 Å². The molecule has 2 aromatic rings. The van der Waals surface area contributed by atoms with E-state index in [0.29, 0.717) is 19.1 Å². The van der Waals surface area contributed by atoms with Gasteiger partial charge in [-0.3, -0.25) is 24.4 Å². The third-order valence-corrected chi connectivity index (χ3v) is 8.27. The third kappa shape index (κ3) is 3.36. The molecule has 34 heavy (non-hydrogen) atoms. The monoisotopic (exact) mass is 459 g/mol. The van der Waals surface area contributed by atoms with Crippen molar-refractivity contribution in [2.45, 2.75) is 50.2 Å². The standard InChI is InChI=1S/C27H33N5O2/c33-25-23-17-21-8-4-16-32(21)27(23)22-9-1-2-10-24(22)31(26(27)34)15-6-14-30(13-5-12-29-25)19-20-7-3-11-28-18-20/h1-3,7,9-11,18,21,23H,4-6,8,12-17,19H2,(H,29,33)/t21-,23-,27+/m0/s1. The van der Waals surface area contributed by atoms with Crippen LogP contribution in [0.3, 0.4) is 0 Å². The Bertz CT molecular complexity index is 1080. The van der Waals surface area contributed by atoms with Crippen molar-refractivity contribution in [3.05, 3.63) is 59.9 Å². The predicted molar refractivity (Wildman–Crippen MR) is 130 cm³/mol. The number of fused-ring (bicyclic) bond motifs is 4. The number of aromatic nitrogens is 1. The lowest BCUT2D eigenvalue weighted by Crippen LogP contribution is -2.56. The summed E-state index contributed by atoms with van der Waals surface area (Å²) >= 11 is 0. The van der Waals surface area contributed by atoms with Gasteiger partial charge in [0.2, 0.25) is 5.91 Å². The van der Waals surface area contributed by atoms with Gasteiger partial charge in [0.15, 0.2) is 0 Å². The van der Waals surface area contributed by atoms with Gasteiger partial charge in [-0.1, -0.05) is 24.3 Å². The minimum absolute atomic E-state index is 0.0393. The lowest BCUT2D eigenvalue weighted by molar-refractivity contribution is -0.138. The molecule has 4 aliphatic heterocycles. The van der Waals surface area contributed by atoms with Crippen molar-refractivity contribution in [3.63, 3.8) is 0 Å². The second-order valence-electron chi connectivity index (χ2n) is 10.2. The smallest absolute Gasteiger partial charge is 0.253 e. The van der Waals surface area contributed by atoms with E-state index in [2.05, 4.69) is 38.3 Å². The highest BCUT2D eigenvalue weighted by Crippen LogP contribution is 2.57. The van der Waals surface area contributed by atoms with E-state index in [4.69, 9.17) is 0 Å². The number of nitrogens with zero attached hydrogens (tertiary/aromatic N) is 4. The molecule has 0 radical (unpaired) electrons.